The molecule has 3 aromatic rings. The second-order valence-corrected chi connectivity index (χ2v) is 6.11. The number of fused-ring (bicyclic) bond motifs is 1. The number of para-hydroxylation sites is 1. The molecule has 0 saturated carbocycles. The van der Waals surface area contributed by atoms with Crippen LogP contribution in [0.15, 0.2) is 48.0 Å². The van der Waals surface area contributed by atoms with E-state index in [2.05, 4.69) is 10.6 Å². The lowest BCUT2D eigenvalue weighted by Crippen LogP contribution is -2.34. The lowest BCUT2D eigenvalue weighted by Gasteiger charge is -2.06. The van der Waals surface area contributed by atoms with Crippen LogP contribution in [0.3, 0.4) is 0 Å². The number of hydrogen-bond donors (Lipinski definition) is 2. The Balaban J connectivity index is 1.56. The number of hydrogen-bond acceptors (Lipinski definition) is 3. The third kappa shape index (κ3) is 3.27. The topological polar surface area (TPSA) is 63.1 Å². The Bertz CT molecular complexity index is 837. The van der Waals surface area contributed by atoms with Crippen molar-refractivity contribution in [3.8, 4) is 0 Å². The maximum Gasteiger partial charge on any atom is 0.261 e. The van der Waals surface area contributed by atoms with Gasteiger partial charge in [0.2, 0.25) is 0 Å². The monoisotopic (exact) mass is 327 g/mol. The van der Waals surface area contributed by atoms with E-state index in [4.69, 9.17) is 0 Å². The molecular weight excluding hydrogens is 310 g/mol. The molecule has 0 spiro atoms. The zero-order valence-corrected chi connectivity index (χ0v) is 13.5. The zero-order valence-electron chi connectivity index (χ0n) is 12.7. The van der Waals surface area contributed by atoms with Crippen molar-refractivity contribution in [3.05, 3.63) is 58.4 Å². The summed E-state index contributed by atoms with van der Waals surface area (Å²) in [5.41, 5.74) is 1.66. The fraction of sp³-hybridized carbons (Fsp3) is 0.176. The Kier molecular flexibility index (Phi) is 4.43. The van der Waals surface area contributed by atoms with Crippen LogP contribution < -0.4 is 10.6 Å². The van der Waals surface area contributed by atoms with Gasteiger partial charge in [0, 0.05) is 37.2 Å². The number of rotatable bonds is 5. The van der Waals surface area contributed by atoms with Crippen molar-refractivity contribution in [2.45, 2.75) is 0 Å². The molecule has 0 unspecified atom stereocenters. The first-order valence-electron chi connectivity index (χ1n) is 7.31. The Morgan fingerprint density at radius 3 is 2.52 bits per heavy atom. The second kappa shape index (κ2) is 6.66. The smallest absolute Gasteiger partial charge is 0.261 e. The maximum absolute atomic E-state index is 12.3. The van der Waals surface area contributed by atoms with Gasteiger partial charge < -0.3 is 15.2 Å². The summed E-state index contributed by atoms with van der Waals surface area (Å²) in [7, 11) is 1.92. The molecule has 2 N–H and O–H groups in total. The number of nitrogens with one attached hydrogen (secondary N) is 2. The number of carbonyl (C=O) groups excluding carboxylic acids is 2. The summed E-state index contributed by atoms with van der Waals surface area (Å²) in [5, 5.41) is 8.41. The highest BCUT2D eigenvalue weighted by Crippen LogP contribution is 2.19. The standard InChI is InChI=1S/C17H17N3O2S/c1-20-11-13(12-5-2-3-6-14(12)20)16(21)18-8-9-19-17(22)15-7-4-10-23-15/h2-7,10-11H,8-9H2,1H3,(H,18,21)(H,19,22). The number of aryl methyl sites for hydroxylation is 1. The maximum atomic E-state index is 12.3. The third-order valence-corrected chi connectivity index (χ3v) is 4.45. The van der Waals surface area contributed by atoms with Crippen molar-refractivity contribution < 1.29 is 9.59 Å². The molecule has 0 fully saturated rings. The number of amides is 2. The second-order valence-electron chi connectivity index (χ2n) is 5.16. The lowest BCUT2D eigenvalue weighted by molar-refractivity contribution is 0.0930. The number of carbonyl (C=O) groups is 2. The molecule has 0 bridgehead atoms. The first-order chi connectivity index (χ1) is 11.2. The molecule has 0 aliphatic heterocycles. The van der Waals surface area contributed by atoms with Crippen molar-refractivity contribution in [1.29, 1.82) is 0 Å². The van der Waals surface area contributed by atoms with Crippen LogP contribution in [0, 0.1) is 0 Å². The molecule has 2 heterocycles. The van der Waals surface area contributed by atoms with Crippen LogP contribution in [0.5, 0.6) is 0 Å². The minimum atomic E-state index is -0.132. The summed E-state index contributed by atoms with van der Waals surface area (Å²) in [6.45, 7) is 0.784. The lowest BCUT2D eigenvalue weighted by atomic mass is 10.1. The first kappa shape index (κ1) is 15.3. The molecule has 118 valence electrons. The number of thiophene rings is 1. The van der Waals surface area contributed by atoms with Gasteiger partial charge in [0.15, 0.2) is 0 Å². The molecule has 5 nitrogen and oxygen atoms in total. The van der Waals surface area contributed by atoms with E-state index in [0.717, 1.165) is 10.9 Å². The predicted octanol–water partition coefficient (Wildman–Crippen LogP) is 2.40. The van der Waals surface area contributed by atoms with E-state index in [1.165, 1.54) is 11.3 Å². The summed E-state index contributed by atoms with van der Waals surface area (Å²) < 4.78 is 1.93. The van der Waals surface area contributed by atoms with Crippen molar-refractivity contribution in [1.82, 2.24) is 15.2 Å². The van der Waals surface area contributed by atoms with Crippen LogP contribution in [0.4, 0.5) is 0 Å². The van der Waals surface area contributed by atoms with E-state index in [1.807, 2.05) is 53.5 Å². The first-order valence-corrected chi connectivity index (χ1v) is 8.19. The highest BCUT2D eigenvalue weighted by molar-refractivity contribution is 7.12. The number of nitrogens with zero attached hydrogens (tertiary/aromatic N) is 1. The Hall–Kier alpha value is -2.60. The molecular formula is C17H17N3O2S. The van der Waals surface area contributed by atoms with Gasteiger partial charge in [-0.2, -0.15) is 0 Å². The molecule has 1 aromatic carbocycles. The van der Waals surface area contributed by atoms with Gasteiger partial charge in [-0.15, -0.1) is 11.3 Å². The molecule has 6 heteroatoms. The van der Waals surface area contributed by atoms with Gasteiger partial charge in [0.25, 0.3) is 11.8 Å². The molecule has 3 rings (SSSR count). The van der Waals surface area contributed by atoms with Crippen LogP contribution in [-0.4, -0.2) is 29.5 Å². The summed E-state index contributed by atoms with van der Waals surface area (Å²) in [6.07, 6.45) is 1.82. The van der Waals surface area contributed by atoms with Crippen LogP contribution in [0.2, 0.25) is 0 Å². The van der Waals surface area contributed by atoms with Gasteiger partial charge in [-0.3, -0.25) is 9.59 Å². The molecule has 2 aromatic heterocycles. The molecule has 0 aliphatic rings. The van der Waals surface area contributed by atoms with E-state index in [1.54, 1.807) is 6.07 Å². The highest BCUT2D eigenvalue weighted by atomic mass is 32.1. The zero-order chi connectivity index (χ0) is 16.2. The van der Waals surface area contributed by atoms with Crippen molar-refractivity contribution in [2.75, 3.05) is 13.1 Å². The Labute approximate surface area is 137 Å². The predicted molar refractivity (Wildman–Crippen MR) is 91.9 cm³/mol. The third-order valence-electron chi connectivity index (χ3n) is 3.58. The van der Waals surface area contributed by atoms with Crippen LogP contribution in [0.25, 0.3) is 10.9 Å². The van der Waals surface area contributed by atoms with E-state index >= 15 is 0 Å². The number of aromatic nitrogens is 1. The highest BCUT2D eigenvalue weighted by Gasteiger charge is 2.13. The van der Waals surface area contributed by atoms with Gasteiger partial charge in [0.1, 0.15) is 0 Å². The SMILES string of the molecule is Cn1cc(C(=O)NCCNC(=O)c2cccs2)c2ccccc21. The van der Waals surface area contributed by atoms with E-state index in [9.17, 15) is 9.59 Å². The molecule has 2 amide bonds. The summed E-state index contributed by atoms with van der Waals surface area (Å²) in [4.78, 5) is 24.8. The van der Waals surface area contributed by atoms with Gasteiger partial charge in [-0.25, -0.2) is 0 Å². The molecule has 0 radical (unpaired) electrons. The summed E-state index contributed by atoms with van der Waals surface area (Å²) in [6, 6.07) is 11.4. The summed E-state index contributed by atoms with van der Waals surface area (Å²) in [5.74, 6) is -0.244. The van der Waals surface area contributed by atoms with Crippen molar-refractivity contribution >= 4 is 34.1 Å². The normalized spacial score (nSPS) is 10.7. The Morgan fingerprint density at radius 1 is 1.04 bits per heavy atom. The van der Waals surface area contributed by atoms with Gasteiger partial charge in [-0.1, -0.05) is 24.3 Å². The van der Waals surface area contributed by atoms with E-state index < -0.39 is 0 Å². The van der Waals surface area contributed by atoms with Crippen LogP contribution in [0.1, 0.15) is 20.0 Å². The average molecular weight is 327 g/mol. The largest absolute Gasteiger partial charge is 0.350 e. The van der Waals surface area contributed by atoms with E-state index in [-0.39, 0.29) is 11.8 Å². The van der Waals surface area contributed by atoms with Gasteiger partial charge in [0.05, 0.1) is 10.4 Å². The van der Waals surface area contributed by atoms with Crippen molar-refractivity contribution in [2.24, 2.45) is 7.05 Å². The molecule has 0 atom stereocenters. The molecule has 0 saturated heterocycles. The van der Waals surface area contributed by atoms with E-state index in [0.29, 0.717) is 23.5 Å². The number of benzene rings is 1. The quantitative estimate of drug-likeness (QED) is 0.707. The van der Waals surface area contributed by atoms with Gasteiger partial charge >= 0.3 is 0 Å². The van der Waals surface area contributed by atoms with Crippen LogP contribution >= 0.6 is 11.3 Å². The average Bonchev–Trinajstić information content (AvgIpc) is 3.20. The van der Waals surface area contributed by atoms with Gasteiger partial charge in [-0.05, 0) is 17.5 Å². The minimum Gasteiger partial charge on any atom is -0.350 e. The summed E-state index contributed by atoms with van der Waals surface area (Å²) >= 11 is 1.39. The minimum absolute atomic E-state index is 0.112. The molecule has 23 heavy (non-hydrogen) atoms. The fourth-order valence-electron chi connectivity index (χ4n) is 2.46. The Morgan fingerprint density at radius 2 is 1.78 bits per heavy atom. The molecule has 0 aliphatic carbocycles. The van der Waals surface area contributed by atoms with Crippen LogP contribution in [-0.2, 0) is 7.05 Å². The fourth-order valence-corrected chi connectivity index (χ4v) is 3.10. The van der Waals surface area contributed by atoms with Crippen molar-refractivity contribution in [3.63, 3.8) is 0 Å².